The smallest absolute Gasteiger partial charge is 0.326 e. The van der Waals surface area contributed by atoms with Crippen LogP contribution in [0.4, 0.5) is 10.2 Å². The number of hydrogen-bond donors (Lipinski definition) is 3. The summed E-state index contributed by atoms with van der Waals surface area (Å²) in [6.45, 7) is 2.09. The van der Waals surface area contributed by atoms with Gasteiger partial charge in [-0.05, 0) is 80.7 Å². The number of rotatable bonds is 15. The van der Waals surface area contributed by atoms with Gasteiger partial charge in [-0.2, -0.15) is 0 Å². The van der Waals surface area contributed by atoms with Crippen molar-refractivity contribution in [3.05, 3.63) is 58.8 Å². The zero-order valence-corrected chi connectivity index (χ0v) is 22.8. The van der Waals surface area contributed by atoms with Crippen molar-refractivity contribution < 1.29 is 23.8 Å². The van der Waals surface area contributed by atoms with Crippen LogP contribution in [0, 0.1) is 0 Å². The van der Waals surface area contributed by atoms with Crippen LogP contribution < -0.4 is 10.6 Å². The van der Waals surface area contributed by atoms with Crippen LogP contribution >= 0.6 is 0 Å². The van der Waals surface area contributed by atoms with Crippen LogP contribution in [0.15, 0.2) is 36.4 Å². The Morgan fingerprint density at radius 2 is 2.03 bits per heavy atom. The molecular weight excluding hydrogens is 499 g/mol. The number of carbonyl (C=O) groups is 2. The molecule has 2 aliphatic rings. The largest absolute Gasteiger partial charge is 0.480 e. The highest BCUT2D eigenvalue weighted by Gasteiger charge is 2.31. The van der Waals surface area contributed by atoms with Gasteiger partial charge < -0.3 is 25.4 Å². The van der Waals surface area contributed by atoms with Crippen LogP contribution in [0.1, 0.15) is 60.4 Å². The number of aryl methyl sites for hydroxylation is 3. The number of nitrogens with one attached hydrogen (secondary N) is 2. The number of pyridine rings is 1. The molecule has 2 heterocycles. The summed E-state index contributed by atoms with van der Waals surface area (Å²) in [5, 5.41) is 15.9. The number of amides is 1. The third kappa shape index (κ3) is 8.22. The molecule has 1 aromatic carbocycles. The van der Waals surface area contributed by atoms with Crippen molar-refractivity contribution in [1.29, 1.82) is 0 Å². The summed E-state index contributed by atoms with van der Waals surface area (Å²) in [5.41, 5.74) is 4.43. The maximum absolute atomic E-state index is 14.5. The van der Waals surface area contributed by atoms with Crippen molar-refractivity contribution in [3.8, 4) is 0 Å². The van der Waals surface area contributed by atoms with E-state index in [1.807, 2.05) is 29.2 Å². The molecule has 4 rings (SSSR count). The number of carboxylic acids is 1. The Morgan fingerprint density at radius 1 is 1.18 bits per heavy atom. The molecule has 0 fully saturated rings. The molecule has 0 saturated heterocycles. The van der Waals surface area contributed by atoms with E-state index in [0.29, 0.717) is 19.5 Å². The Labute approximate surface area is 230 Å². The monoisotopic (exact) mass is 540 g/mol. The molecule has 3 N–H and O–H groups in total. The number of anilines is 1. The molecule has 2 aromatic rings. The lowest BCUT2D eigenvalue weighted by atomic mass is 10.00. The molecule has 0 radical (unpaired) electrons. The number of nitrogens with zero attached hydrogens (tertiary/aromatic N) is 2. The number of carboxylic acid groups (broad SMARTS) is 1. The summed E-state index contributed by atoms with van der Waals surface area (Å²) in [4.78, 5) is 31.7. The maximum atomic E-state index is 14.5. The van der Waals surface area contributed by atoms with Crippen molar-refractivity contribution in [2.45, 2.75) is 69.5 Å². The summed E-state index contributed by atoms with van der Waals surface area (Å²) in [7, 11) is 1.47. The van der Waals surface area contributed by atoms with E-state index in [9.17, 15) is 19.1 Å². The van der Waals surface area contributed by atoms with E-state index in [4.69, 9.17) is 9.72 Å². The SMILES string of the molecule is COCC(F)CN(CCCCc1ccc2c(n1)NCCC2)CCC(NC(=O)C1CCc2ccccc21)C(=O)O. The fourth-order valence-corrected chi connectivity index (χ4v) is 5.63. The number of aromatic nitrogens is 1. The second kappa shape index (κ2) is 14.4. The first-order valence-electron chi connectivity index (χ1n) is 14.1. The van der Waals surface area contributed by atoms with E-state index < -0.39 is 18.2 Å². The number of halogens is 1. The molecule has 0 spiro atoms. The quantitative estimate of drug-likeness (QED) is 0.296. The fourth-order valence-electron chi connectivity index (χ4n) is 5.63. The normalized spacial score (nSPS) is 17.7. The van der Waals surface area contributed by atoms with Gasteiger partial charge in [0, 0.05) is 32.4 Å². The number of fused-ring (bicyclic) bond motifs is 2. The Morgan fingerprint density at radius 3 is 2.85 bits per heavy atom. The Bertz CT molecular complexity index is 1110. The van der Waals surface area contributed by atoms with Gasteiger partial charge in [0.05, 0.1) is 12.5 Å². The van der Waals surface area contributed by atoms with Crippen molar-refractivity contribution in [1.82, 2.24) is 15.2 Å². The third-order valence-corrected chi connectivity index (χ3v) is 7.71. The van der Waals surface area contributed by atoms with Crippen molar-refractivity contribution >= 4 is 17.7 Å². The van der Waals surface area contributed by atoms with Crippen molar-refractivity contribution in [3.63, 3.8) is 0 Å². The molecule has 1 aliphatic carbocycles. The Hall–Kier alpha value is -3.04. The van der Waals surface area contributed by atoms with Gasteiger partial charge >= 0.3 is 5.97 Å². The average molecular weight is 541 g/mol. The fraction of sp³-hybridized carbons (Fsp3) is 0.567. The van der Waals surface area contributed by atoms with E-state index >= 15 is 0 Å². The van der Waals surface area contributed by atoms with E-state index in [-0.39, 0.29) is 31.4 Å². The van der Waals surface area contributed by atoms with Gasteiger partial charge in [-0.15, -0.1) is 0 Å². The number of carbonyl (C=O) groups excluding carboxylic acids is 1. The summed E-state index contributed by atoms with van der Waals surface area (Å²) in [6, 6.07) is 11.0. The summed E-state index contributed by atoms with van der Waals surface area (Å²) < 4.78 is 19.4. The minimum absolute atomic E-state index is 0.0112. The van der Waals surface area contributed by atoms with Crippen LogP contribution in [0.5, 0.6) is 0 Å². The number of ether oxygens (including phenoxy) is 1. The lowest BCUT2D eigenvalue weighted by molar-refractivity contribution is -0.142. The molecule has 8 nitrogen and oxygen atoms in total. The lowest BCUT2D eigenvalue weighted by Gasteiger charge is -2.26. The van der Waals surface area contributed by atoms with Crippen LogP contribution in [0.2, 0.25) is 0 Å². The predicted octanol–water partition coefficient (Wildman–Crippen LogP) is 3.74. The minimum Gasteiger partial charge on any atom is -0.480 e. The second-order valence-electron chi connectivity index (χ2n) is 10.6. The topological polar surface area (TPSA) is 104 Å². The van der Waals surface area contributed by atoms with Crippen LogP contribution in [0.3, 0.4) is 0 Å². The summed E-state index contributed by atoms with van der Waals surface area (Å²) in [5.74, 6) is -0.671. The number of unbranched alkanes of at least 4 members (excludes halogenated alkanes) is 1. The highest BCUT2D eigenvalue weighted by molar-refractivity contribution is 5.89. The molecule has 9 heteroatoms. The molecule has 39 heavy (non-hydrogen) atoms. The third-order valence-electron chi connectivity index (χ3n) is 7.71. The summed E-state index contributed by atoms with van der Waals surface area (Å²) in [6.07, 6.45) is 5.26. The number of aliphatic carboxylic acids is 1. The molecule has 1 aliphatic heterocycles. The molecule has 212 valence electrons. The van der Waals surface area contributed by atoms with Crippen LogP contribution in [-0.2, 0) is 33.6 Å². The van der Waals surface area contributed by atoms with Crippen molar-refractivity contribution in [2.75, 3.05) is 45.2 Å². The molecule has 3 unspecified atom stereocenters. The molecule has 1 aromatic heterocycles. The van der Waals surface area contributed by atoms with Gasteiger partial charge in [0.1, 0.15) is 18.0 Å². The zero-order valence-electron chi connectivity index (χ0n) is 22.8. The first kappa shape index (κ1) is 29.0. The molecule has 0 bridgehead atoms. The standard InChI is InChI=1S/C30H41FN4O4/c1-39-20-23(31)19-35(17-5-4-9-24-13-11-22-8-6-16-32-28(22)33-24)18-15-27(30(37)38)34-29(36)26-14-12-21-7-2-3-10-25(21)26/h2-3,7,10-11,13,23,26-27H,4-6,8-9,12,14-20H2,1H3,(H,32,33)(H,34,36)(H,37,38). The van der Waals surface area contributed by atoms with Crippen LogP contribution in [0.25, 0.3) is 0 Å². The maximum Gasteiger partial charge on any atom is 0.326 e. The summed E-state index contributed by atoms with van der Waals surface area (Å²) >= 11 is 0. The van der Waals surface area contributed by atoms with E-state index in [2.05, 4.69) is 22.8 Å². The highest BCUT2D eigenvalue weighted by Crippen LogP contribution is 2.33. The molecular formula is C30H41FN4O4. The molecule has 0 saturated carbocycles. The number of hydrogen-bond acceptors (Lipinski definition) is 6. The van der Waals surface area contributed by atoms with Gasteiger partial charge in [0.15, 0.2) is 0 Å². The van der Waals surface area contributed by atoms with E-state index in [1.54, 1.807) is 0 Å². The second-order valence-corrected chi connectivity index (χ2v) is 10.6. The number of alkyl halides is 1. The van der Waals surface area contributed by atoms with Gasteiger partial charge in [-0.3, -0.25) is 4.79 Å². The minimum atomic E-state index is -1.17. The highest BCUT2D eigenvalue weighted by atomic mass is 19.1. The van der Waals surface area contributed by atoms with Gasteiger partial charge in [0.2, 0.25) is 5.91 Å². The lowest BCUT2D eigenvalue weighted by Crippen LogP contribution is -2.45. The van der Waals surface area contributed by atoms with Gasteiger partial charge in [0.25, 0.3) is 0 Å². The predicted molar refractivity (Wildman–Crippen MR) is 149 cm³/mol. The first-order valence-corrected chi connectivity index (χ1v) is 14.1. The molecule has 3 atom stereocenters. The average Bonchev–Trinajstić information content (AvgIpc) is 3.37. The van der Waals surface area contributed by atoms with Gasteiger partial charge in [-0.1, -0.05) is 30.3 Å². The number of methoxy groups -OCH3 is 1. The Kier molecular flexibility index (Phi) is 10.7. The molecule has 1 amide bonds. The first-order chi connectivity index (χ1) is 18.9. The van der Waals surface area contributed by atoms with Crippen LogP contribution in [-0.4, -0.2) is 79.0 Å². The zero-order chi connectivity index (χ0) is 27.6. The number of benzene rings is 1. The van der Waals surface area contributed by atoms with Gasteiger partial charge in [-0.25, -0.2) is 14.2 Å². The van der Waals surface area contributed by atoms with Crippen molar-refractivity contribution in [2.24, 2.45) is 0 Å². The van der Waals surface area contributed by atoms with E-state index in [0.717, 1.165) is 67.7 Å². The Balaban J connectivity index is 1.29. The van der Waals surface area contributed by atoms with E-state index in [1.165, 1.54) is 12.7 Å².